The summed E-state index contributed by atoms with van der Waals surface area (Å²) in [6.07, 6.45) is 9.94. The predicted octanol–water partition coefficient (Wildman–Crippen LogP) is 3.18. The summed E-state index contributed by atoms with van der Waals surface area (Å²) in [6, 6.07) is 0. The van der Waals surface area contributed by atoms with Crippen molar-refractivity contribution in [3.8, 4) is 0 Å². The van der Waals surface area contributed by atoms with Crippen LogP contribution in [0.3, 0.4) is 0 Å². The monoisotopic (exact) mass is 304 g/mol. The molecule has 0 heterocycles. The van der Waals surface area contributed by atoms with Gasteiger partial charge in [0.2, 0.25) is 0 Å². The third-order valence-electron chi connectivity index (χ3n) is 6.75. The van der Waals surface area contributed by atoms with E-state index in [4.69, 9.17) is 4.74 Å². The maximum atomic E-state index is 12.5. The lowest BCUT2D eigenvalue weighted by atomic mass is 9.69. The summed E-state index contributed by atoms with van der Waals surface area (Å²) in [7, 11) is 0. The first kappa shape index (κ1) is 14.7. The third kappa shape index (κ3) is 2.33. The smallest absolute Gasteiger partial charge is 0.309 e. The van der Waals surface area contributed by atoms with Gasteiger partial charge in [-0.1, -0.05) is 12.2 Å². The summed E-state index contributed by atoms with van der Waals surface area (Å²) in [5, 5.41) is 9.70. The van der Waals surface area contributed by atoms with E-state index in [9.17, 15) is 9.90 Å². The molecule has 7 atom stereocenters. The Labute approximate surface area is 133 Å². The van der Waals surface area contributed by atoms with Gasteiger partial charge >= 0.3 is 5.97 Å². The van der Waals surface area contributed by atoms with E-state index in [-0.39, 0.29) is 11.9 Å². The van der Waals surface area contributed by atoms with Crippen molar-refractivity contribution in [2.24, 2.45) is 41.4 Å². The molecule has 0 aromatic carbocycles. The zero-order chi connectivity index (χ0) is 15.5. The summed E-state index contributed by atoms with van der Waals surface area (Å²) in [5.74, 6) is 4.74. The van der Waals surface area contributed by atoms with Crippen molar-refractivity contribution in [1.29, 1.82) is 0 Å². The van der Waals surface area contributed by atoms with Crippen LogP contribution in [0.5, 0.6) is 0 Å². The molecule has 4 bridgehead atoms. The van der Waals surface area contributed by atoms with Crippen molar-refractivity contribution in [3.05, 3.63) is 12.2 Å². The predicted molar refractivity (Wildman–Crippen MR) is 83.9 cm³/mol. The number of aliphatic hydroxyl groups is 1. The number of fused-ring (bicyclic) bond motifs is 9. The molecule has 3 nitrogen and oxygen atoms in total. The molecule has 3 fully saturated rings. The molecule has 3 saturated carbocycles. The number of carbonyl (C=O) groups excluding carboxylic acids is 1. The largest absolute Gasteiger partial charge is 0.465 e. The highest BCUT2D eigenvalue weighted by Crippen LogP contribution is 2.67. The van der Waals surface area contributed by atoms with E-state index in [1.165, 1.54) is 12.8 Å². The Bertz CT molecular complexity index is 489. The molecule has 0 spiro atoms. The minimum Gasteiger partial charge on any atom is -0.465 e. The van der Waals surface area contributed by atoms with Gasteiger partial charge in [-0.2, -0.15) is 0 Å². The quantitative estimate of drug-likeness (QED) is 0.367. The second-order valence-electron chi connectivity index (χ2n) is 8.69. The van der Waals surface area contributed by atoms with E-state index >= 15 is 0 Å². The van der Waals surface area contributed by atoms with Gasteiger partial charge in [0.1, 0.15) is 0 Å². The van der Waals surface area contributed by atoms with E-state index in [2.05, 4.69) is 12.2 Å². The SMILES string of the molecule is CC(C)(O)CCCOC(=O)C1CC2CC1C1C3C=CC(C3)C21. The molecular weight excluding hydrogens is 276 g/mol. The first-order valence-corrected chi connectivity index (χ1v) is 9.01. The van der Waals surface area contributed by atoms with E-state index in [0.717, 1.165) is 42.4 Å². The molecular formula is C19H28O3. The molecule has 0 saturated heterocycles. The topological polar surface area (TPSA) is 46.5 Å². The number of carbonyl (C=O) groups is 1. The molecule has 4 aliphatic carbocycles. The van der Waals surface area contributed by atoms with Gasteiger partial charge in [-0.05, 0) is 81.5 Å². The molecule has 4 rings (SSSR count). The van der Waals surface area contributed by atoms with E-state index in [0.29, 0.717) is 18.9 Å². The zero-order valence-electron chi connectivity index (χ0n) is 13.7. The van der Waals surface area contributed by atoms with Gasteiger partial charge in [-0.25, -0.2) is 0 Å². The van der Waals surface area contributed by atoms with Crippen molar-refractivity contribution in [1.82, 2.24) is 0 Å². The second-order valence-corrected chi connectivity index (χ2v) is 8.69. The van der Waals surface area contributed by atoms with Crippen LogP contribution in [0.1, 0.15) is 46.0 Å². The van der Waals surface area contributed by atoms with Crippen LogP contribution in [-0.4, -0.2) is 23.3 Å². The summed E-state index contributed by atoms with van der Waals surface area (Å²) < 4.78 is 5.53. The Morgan fingerprint density at radius 2 is 1.91 bits per heavy atom. The number of allylic oxidation sites excluding steroid dienone is 2. The highest BCUT2D eigenvalue weighted by molar-refractivity contribution is 5.73. The summed E-state index contributed by atoms with van der Waals surface area (Å²) in [4.78, 5) is 12.5. The van der Waals surface area contributed by atoms with E-state index in [1.807, 2.05) is 0 Å². The highest BCUT2D eigenvalue weighted by atomic mass is 16.5. The second kappa shape index (κ2) is 5.09. The van der Waals surface area contributed by atoms with E-state index in [1.54, 1.807) is 13.8 Å². The van der Waals surface area contributed by atoms with Gasteiger partial charge in [0.15, 0.2) is 0 Å². The Kier molecular flexibility index (Phi) is 3.41. The molecule has 1 N–H and O–H groups in total. The summed E-state index contributed by atoms with van der Waals surface area (Å²) >= 11 is 0. The van der Waals surface area contributed by atoms with Crippen LogP contribution in [0.15, 0.2) is 12.2 Å². The molecule has 0 aliphatic heterocycles. The minimum atomic E-state index is -0.665. The van der Waals surface area contributed by atoms with Crippen molar-refractivity contribution in [2.75, 3.05) is 6.61 Å². The lowest BCUT2D eigenvalue weighted by Crippen LogP contribution is -2.35. The van der Waals surface area contributed by atoms with Crippen LogP contribution >= 0.6 is 0 Å². The minimum absolute atomic E-state index is 0.0356. The molecule has 122 valence electrons. The van der Waals surface area contributed by atoms with Gasteiger partial charge in [0.05, 0.1) is 18.1 Å². The number of esters is 1. The molecule has 3 heteroatoms. The van der Waals surface area contributed by atoms with Gasteiger partial charge in [0, 0.05) is 0 Å². The van der Waals surface area contributed by atoms with Gasteiger partial charge in [0.25, 0.3) is 0 Å². The highest BCUT2D eigenvalue weighted by Gasteiger charge is 2.62. The standard InChI is InChI=1S/C19H28O3/c1-19(2,21)6-3-7-22-18(20)15-10-13-9-14(15)17-12-5-4-11(8-12)16(13)17/h4-5,11-17,21H,3,6-10H2,1-2H3. The first-order valence-electron chi connectivity index (χ1n) is 9.01. The van der Waals surface area contributed by atoms with Crippen LogP contribution in [-0.2, 0) is 9.53 Å². The maximum Gasteiger partial charge on any atom is 0.309 e. The average Bonchev–Trinajstić information content (AvgIpc) is 3.18. The fraction of sp³-hybridized carbons (Fsp3) is 0.842. The van der Waals surface area contributed by atoms with Crippen LogP contribution in [0.25, 0.3) is 0 Å². The van der Waals surface area contributed by atoms with E-state index < -0.39 is 5.60 Å². The van der Waals surface area contributed by atoms with Crippen LogP contribution in [0.2, 0.25) is 0 Å². The van der Waals surface area contributed by atoms with Crippen LogP contribution in [0.4, 0.5) is 0 Å². The zero-order valence-corrected chi connectivity index (χ0v) is 13.7. The number of hydrogen-bond donors (Lipinski definition) is 1. The van der Waals surface area contributed by atoms with Crippen molar-refractivity contribution >= 4 is 5.97 Å². The first-order chi connectivity index (χ1) is 10.4. The Balaban J connectivity index is 1.32. The van der Waals surface area contributed by atoms with Crippen molar-refractivity contribution in [3.63, 3.8) is 0 Å². The molecule has 0 aromatic heterocycles. The molecule has 7 unspecified atom stereocenters. The Hall–Kier alpha value is -0.830. The number of hydrogen-bond acceptors (Lipinski definition) is 3. The van der Waals surface area contributed by atoms with Crippen LogP contribution in [0, 0.1) is 41.4 Å². The lowest BCUT2D eigenvalue weighted by molar-refractivity contribution is -0.152. The lowest BCUT2D eigenvalue weighted by Gasteiger charge is -2.35. The van der Waals surface area contributed by atoms with Gasteiger partial charge in [-0.3, -0.25) is 4.79 Å². The maximum absolute atomic E-state index is 12.5. The fourth-order valence-electron chi connectivity index (χ4n) is 6.07. The van der Waals surface area contributed by atoms with Crippen molar-refractivity contribution in [2.45, 2.75) is 51.6 Å². The van der Waals surface area contributed by atoms with Gasteiger partial charge in [-0.15, -0.1) is 0 Å². The van der Waals surface area contributed by atoms with Crippen molar-refractivity contribution < 1.29 is 14.6 Å². The fourth-order valence-corrected chi connectivity index (χ4v) is 6.07. The number of ether oxygens (including phenoxy) is 1. The van der Waals surface area contributed by atoms with Gasteiger partial charge < -0.3 is 9.84 Å². The summed E-state index contributed by atoms with van der Waals surface area (Å²) in [6.45, 7) is 4.05. The summed E-state index contributed by atoms with van der Waals surface area (Å²) in [5.41, 5.74) is -0.665. The number of rotatable bonds is 5. The third-order valence-corrected chi connectivity index (χ3v) is 6.75. The Morgan fingerprint density at radius 1 is 1.18 bits per heavy atom. The molecule has 0 aromatic rings. The molecule has 22 heavy (non-hydrogen) atoms. The average molecular weight is 304 g/mol. The normalized spacial score (nSPS) is 44.6. The molecule has 0 amide bonds. The van der Waals surface area contributed by atoms with Crippen LogP contribution < -0.4 is 0 Å². The molecule has 4 aliphatic rings. The Morgan fingerprint density at radius 3 is 2.64 bits per heavy atom. The molecule has 0 radical (unpaired) electrons.